The fourth-order valence-corrected chi connectivity index (χ4v) is 3.45. The van der Waals surface area contributed by atoms with Crippen LogP contribution in [-0.2, 0) is 11.3 Å². The highest BCUT2D eigenvalue weighted by molar-refractivity contribution is 6.06. The molecule has 0 radical (unpaired) electrons. The van der Waals surface area contributed by atoms with Crippen LogP contribution in [0.15, 0.2) is 66.7 Å². The average Bonchev–Trinajstić information content (AvgIpc) is 2.91. The van der Waals surface area contributed by atoms with Crippen molar-refractivity contribution in [2.45, 2.75) is 20.0 Å². The highest BCUT2D eigenvalue weighted by atomic mass is 16.5. The summed E-state index contributed by atoms with van der Waals surface area (Å²) in [6.45, 7) is 4.00. The molecular formula is C28H32N2O6. The van der Waals surface area contributed by atoms with Gasteiger partial charge in [-0.15, -0.1) is 0 Å². The first-order valence-corrected chi connectivity index (χ1v) is 11.8. The number of amides is 2. The Morgan fingerprint density at radius 3 is 2.22 bits per heavy atom. The van der Waals surface area contributed by atoms with Gasteiger partial charge in [0.2, 0.25) is 5.75 Å². The van der Waals surface area contributed by atoms with Crippen molar-refractivity contribution in [3.05, 3.63) is 83.4 Å². The van der Waals surface area contributed by atoms with Crippen molar-refractivity contribution in [1.82, 2.24) is 5.32 Å². The van der Waals surface area contributed by atoms with Crippen molar-refractivity contribution >= 4 is 17.5 Å². The average molecular weight is 493 g/mol. The van der Waals surface area contributed by atoms with Gasteiger partial charge in [0.25, 0.3) is 11.8 Å². The molecule has 0 aliphatic carbocycles. The predicted octanol–water partition coefficient (Wildman–Crippen LogP) is 4.69. The largest absolute Gasteiger partial charge is 0.493 e. The quantitative estimate of drug-likeness (QED) is 0.336. The highest BCUT2D eigenvalue weighted by Gasteiger charge is 2.18. The lowest BCUT2D eigenvalue weighted by atomic mass is 10.1. The van der Waals surface area contributed by atoms with Crippen LogP contribution < -0.4 is 24.8 Å². The summed E-state index contributed by atoms with van der Waals surface area (Å²) in [7, 11) is 3.00. The molecule has 2 amide bonds. The van der Waals surface area contributed by atoms with Crippen LogP contribution in [0.1, 0.15) is 39.6 Å². The Labute approximate surface area is 211 Å². The van der Waals surface area contributed by atoms with Gasteiger partial charge >= 0.3 is 0 Å². The molecule has 0 spiro atoms. The number of ether oxygens (including phenoxy) is 4. The van der Waals surface area contributed by atoms with Crippen LogP contribution in [0.4, 0.5) is 5.69 Å². The van der Waals surface area contributed by atoms with Gasteiger partial charge in [-0.3, -0.25) is 9.59 Å². The lowest BCUT2D eigenvalue weighted by Gasteiger charge is -2.16. The van der Waals surface area contributed by atoms with Gasteiger partial charge in [-0.05, 0) is 49.2 Å². The number of hydrogen-bond donors (Lipinski definition) is 2. The molecule has 8 heteroatoms. The maximum Gasteiger partial charge on any atom is 0.255 e. The van der Waals surface area contributed by atoms with Crippen molar-refractivity contribution in [1.29, 1.82) is 0 Å². The third-order valence-corrected chi connectivity index (χ3v) is 5.29. The van der Waals surface area contributed by atoms with E-state index < -0.39 is 0 Å². The van der Waals surface area contributed by atoms with Crippen LogP contribution in [-0.4, -0.2) is 45.8 Å². The monoisotopic (exact) mass is 492 g/mol. The van der Waals surface area contributed by atoms with Crippen LogP contribution in [0.5, 0.6) is 17.2 Å². The summed E-state index contributed by atoms with van der Waals surface area (Å²) in [5.74, 6) is 0.552. The molecule has 3 rings (SSSR count). The van der Waals surface area contributed by atoms with E-state index in [2.05, 4.69) is 10.6 Å². The Balaban J connectivity index is 1.69. The standard InChI is InChI=1S/C28H32N2O6/c1-4-35-15-9-14-29-27(31)21-12-8-13-23(16-21)30-28(32)22-17-24(33-2)26(25(18-22)34-3)36-19-20-10-6-5-7-11-20/h5-8,10-13,16-18H,4,9,14-15,19H2,1-3H3,(H,29,31)(H,30,32). The minimum Gasteiger partial charge on any atom is -0.493 e. The van der Waals surface area contributed by atoms with Gasteiger partial charge in [-0.1, -0.05) is 36.4 Å². The first-order valence-electron chi connectivity index (χ1n) is 11.8. The van der Waals surface area contributed by atoms with Crippen LogP contribution >= 0.6 is 0 Å². The third-order valence-electron chi connectivity index (χ3n) is 5.29. The number of carbonyl (C=O) groups is 2. The van der Waals surface area contributed by atoms with Gasteiger partial charge in [0, 0.05) is 36.6 Å². The van der Waals surface area contributed by atoms with Crippen molar-refractivity contribution < 1.29 is 28.5 Å². The minimum atomic E-state index is -0.379. The molecule has 36 heavy (non-hydrogen) atoms. The van der Waals surface area contributed by atoms with Crippen molar-refractivity contribution in [3.8, 4) is 17.2 Å². The number of rotatable bonds is 13. The lowest BCUT2D eigenvalue weighted by Crippen LogP contribution is -2.25. The molecule has 0 saturated heterocycles. The SMILES string of the molecule is CCOCCCNC(=O)c1cccc(NC(=O)c2cc(OC)c(OCc3ccccc3)c(OC)c2)c1. The highest BCUT2D eigenvalue weighted by Crippen LogP contribution is 2.39. The van der Waals surface area contributed by atoms with E-state index in [1.54, 1.807) is 36.4 Å². The van der Waals surface area contributed by atoms with E-state index in [9.17, 15) is 9.59 Å². The molecule has 0 bridgehead atoms. The molecule has 3 aromatic rings. The molecule has 0 fully saturated rings. The van der Waals surface area contributed by atoms with E-state index in [4.69, 9.17) is 18.9 Å². The number of nitrogens with one attached hydrogen (secondary N) is 2. The zero-order valence-corrected chi connectivity index (χ0v) is 20.8. The lowest BCUT2D eigenvalue weighted by molar-refractivity contribution is 0.0943. The second kappa shape index (κ2) is 13.7. The summed E-state index contributed by atoms with van der Waals surface area (Å²) in [5.41, 5.74) is 2.25. The first-order chi connectivity index (χ1) is 17.5. The summed E-state index contributed by atoms with van der Waals surface area (Å²) in [5, 5.41) is 5.68. The molecule has 0 aromatic heterocycles. The Kier molecular flexibility index (Phi) is 10.1. The van der Waals surface area contributed by atoms with Crippen molar-refractivity contribution in [3.63, 3.8) is 0 Å². The van der Waals surface area contributed by atoms with Gasteiger partial charge in [0.05, 0.1) is 14.2 Å². The fourth-order valence-electron chi connectivity index (χ4n) is 3.45. The fraction of sp³-hybridized carbons (Fsp3) is 0.286. The molecule has 0 atom stereocenters. The first kappa shape index (κ1) is 26.6. The molecule has 0 heterocycles. The third kappa shape index (κ3) is 7.48. The number of anilines is 1. The van der Waals surface area contributed by atoms with E-state index in [1.165, 1.54) is 14.2 Å². The number of carbonyl (C=O) groups excluding carboxylic acids is 2. The maximum absolute atomic E-state index is 13.0. The molecule has 2 N–H and O–H groups in total. The Morgan fingerprint density at radius 1 is 0.833 bits per heavy atom. The number of benzene rings is 3. The number of methoxy groups -OCH3 is 2. The molecule has 0 unspecified atom stereocenters. The van der Waals surface area contributed by atoms with E-state index in [0.29, 0.717) is 60.4 Å². The zero-order valence-electron chi connectivity index (χ0n) is 20.8. The van der Waals surface area contributed by atoms with Crippen molar-refractivity contribution in [2.24, 2.45) is 0 Å². The Morgan fingerprint density at radius 2 is 1.56 bits per heavy atom. The predicted molar refractivity (Wildman–Crippen MR) is 138 cm³/mol. The van der Waals surface area contributed by atoms with Gasteiger partial charge < -0.3 is 29.6 Å². The second-order valence-electron chi connectivity index (χ2n) is 7.83. The molecule has 3 aromatic carbocycles. The molecule has 8 nitrogen and oxygen atoms in total. The van der Waals surface area contributed by atoms with E-state index in [1.807, 2.05) is 37.3 Å². The second-order valence-corrected chi connectivity index (χ2v) is 7.83. The van der Waals surface area contributed by atoms with Gasteiger partial charge in [-0.25, -0.2) is 0 Å². The number of hydrogen-bond acceptors (Lipinski definition) is 6. The van der Waals surface area contributed by atoms with Crippen LogP contribution in [0, 0.1) is 0 Å². The van der Waals surface area contributed by atoms with Gasteiger partial charge in [0.15, 0.2) is 11.5 Å². The van der Waals surface area contributed by atoms with Crippen LogP contribution in [0.3, 0.4) is 0 Å². The van der Waals surface area contributed by atoms with Crippen molar-refractivity contribution in [2.75, 3.05) is 39.3 Å². The minimum absolute atomic E-state index is 0.217. The van der Waals surface area contributed by atoms with Gasteiger partial charge in [-0.2, -0.15) is 0 Å². The molecular weight excluding hydrogens is 460 g/mol. The molecule has 0 saturated carbocycles. The van der Waals surface area contributed by atoms with E-state index >= 15 is 0 Å². The van der Waals surface area contributed by atoms with Gasteiger partial charge in [0.1, 0.15) is 6.61 Å². The Bertz CT molecular complexity index is 1120. The smallest absolute Gasteiger partial charge is 0.255 e. The molecule has 0 aliphatic rings. The summed E-state index contributed by atoms with van der Waals surface area (Å²) >= 11 is 0. The summed E-state index contributed by atoms with van der Waals surface area (Å²) in [6.07, 6.45) is 0.727. The molecule has 0 aliphatic heterocycles. The summed E-state index contributed by atoms with van der Waals surface area (Å²) in [6, 6.07) is 19.6. The Hall–Kier alpha value is -4.04. The topological polar surface area (TPSA) is 95.1 Å². The van der Waals surface area contributed by atoms with Crippen LogP contribution in [0.25, 0.3) is 0 Å². The molecule has 190 valence electrons. The summed E-state index contributed by atoms with van der Waals surface area (Å²) in [4.78, 5) is 25.5. The zero-order chi connectivity index (χ0) is 25.8. The van der Waals surface area contributed by atoms with E-state index in [-0.39, 0.29) is 11.8 Å². The van der Waals surface area contributed by atoms with E-state index in [0.717, 1.165) is 12.0 Å². The normalized spacial score (nSPS) is 10.4. The maximum atomic E-state index is 13.0. The van der Waals surface area contributed by atoms with Crippen LogP contribution in [0.2, 0.25) is 0 Å². The summed E-state index contributed by atoms with van der Waals surface area (Å²) < 4.78 is 22.2.